The van der Waals surface area contributed by atoms with Gasteiger partial charge in [0.1, 0.15) is 0 Å². The van der Waals surface area contributed by atoms with Gasteiger partial charge in [-0.3, -0.25) is 9.59 Å². The largest absolute Gasteiger partial charge is 0.362 e. The average Bonchev–Trinajstić information content (AvgIpc) is 2.82. The summed E-state index contributed by atoms with van der Waals surface area (Å²) in [5, 5.41) is 3.98. The van der Waals surface area contributed by atoms with Crippen LogP contribution in [0.25, 0.3) is 0 Å². The third-order valence-corrected chi connectivity index (χ3v) is 5.84. The molecule has 0 bridgehead atoms. The van der Waals surface area contributed by atoms with Crippen LogP contribution in [0.2, 0.25) is 10.0 Å². The Morgan fingerprint density at radius 3 is 2.71 bits per heavy atom. The summed E-state index contributed by atoms with van der Waals surface area (Å²) in [4.78, 5) is 27.0. The lowest BCUT2D eigenvalue weighted by Gasteiger charge is -2.23. The number of ketones is 1. The Kier molecular flexibility index (Phi) is 5.23. The molecule has 1 aliphatic carbocycles. The summed E-state index contributed by atoms with van der Waals surface area (Å²) >= 11 is 13.5. The fourth-order valence-electron chi connectivity index (χ4n) is 2.74. The summed E-state index contributed by atoms with van der Waals surface area (Å²) in [5.74, 6) is -0.0562. The second-order valence-electron chi connectivity index (χ2n) is 5.67. The molecule has 1 amide bonds. The van der Waals surface area contributed by atoms with Crippen LogP contribution in [0, 0.1) is 0 Å². The lowest BCUT2D eigenvalue weighted by Crippen LogP contribution is -2.31. The fraction of sp³-hybridized carbons (Fsp3) is 0.294. The molecule has 1 atom stereocenters. The highest BCUT2D eigenvalue weighted by Gasteiger charge is 2.30. The molecule has 7 heteroatoms. The minimum atomic E-state index is -0.196. The van der Waals surface area contributed by atoms with Gasteiger partial charge in [0.15, 0.2) is 5.78 Å². The molecule has 1 aliphatic heterocycles. The molecule has 0 aromatic heterocycles. The maximum Gasteiger partial charge on any atom is 0.251 e. The monoisotopic (exact) mass is 382 g/mol. The van der Waals surface area contributed by atoms with E-state index in [-0.39, 0.29) is 17.1 Å². The lowest BCUT2D eigenvalue weighted by atomic mass is 10.1. The highest BCUT2D eigenvalue weighted by molar-refractivity contribution is 8.03. The van der Waals surface area contributed by atoms with Gasteiger partial charge in [-0.2, -0.15) is 0 Å². The smallest absolute Gasteiger partial charge is 0.251 e. The quantitative estimate of drug-likeness (QED) is 0.858. The molecule has 2 aliphatic rings. The first-order valence-corrected chi connectivity index (χ1v) is 9.15. The Morgan fingerprint density at radius 2 is 2.00 bits per heavy atom. The number of rotatable bonds is 4. The van der Waals surface area contributed by atoms with E-state index in [1.54, 1.807) is 36.0 Å². The molecule has 0 saturated heterocycles. The predicted octanol–water partition coefficient (Wildman–Crippen LogP) is 3.86. The molecule has 24 heavy (non-hydrogen) atoms. The van der Waals surface area contributed by atoms with E-state index in [9.17, 15) is 9.59 Å². The van der Waals surface area contributed by atoms with Crippen molar-refractivity contribution in [2.45, 2.75) is 18.2 Å². The first-order chi connectivity index (χ1) is 11.4. The van der Waals surface area contributed by atoms with E-state index in [0.717, 1.165) is 17.0 Å². The Bertz CT molecular complexity index is 741. The van der Waals surface area contributed by atoms with Gasteiger partial charge in [0.05, 0.1) is 5.37 Å². The first-order valence-electron chi connectivity index (χ1n) is 7.52. The van der Waals surface area contributed by atoms with Crippen molar-refractivity contribution in [1.82, 2.24) is 10.2 Å². The standard InChI is InChI=1S/C17H16Cl2N2O2S/c1-21-14-3-2-13(22)9-15(14)24-16(21)4-5-20-17(23)10-6-11(18)8-12(19)7-10/h2-3,6-8,16H,4-5,9H2,1H3,(H,20,23). The number of halogens is 2. The second kappa shape index (κ2) is 7.21. The summed E-state index contributed by atoms with van der Waals surface area (Å²) in [5.41, 5.74) is 1.56. The number of carbonyl (C=O) groups excluding carboxylic acids is 2. The van der Waals surface area contributed by atoms with Gasteiger partial charge in [-0.15, -0.1) is 11.8 Å². The molecular formula is C17H16Cl2N2O2S. The topological polar surface area (TPSA) is 49.4 Å². The summed E-state index contributed by atoms with van der Waals surface area (Å²) in [6.45, 7) is 0.531. The van der Waals surface area contributed by atoms with Crippen LogP contribution in [0.3, 0.4) is 0 Å². The number of amides is 1. The van der Waals surface area contributed by atoms with Crippen LogP contribution in [0.1, 0.15) is 23.2 Å². The van der Waals surface area contributed by atoms with Crippen LogP contribution >= 0.6 is 35.0 Å². The number of benzene rings is 1. The molecule has 126 valence electrons. The van der Waals surface area contributed by atoms with Gasteiger partial charge in [0, 0.05) is 46.2 Å². The maximum absolute atomic E-state index is 12.2. The fourth-order valence-corrected chi connectivity index (χ4v) is 4.66. The van der Waals surface area contributed by atoms with Crippen LogP contribution in [0.5, 0.6) is 0 Å². The highest BCUT2D eigenvalue weighted by Crippen LogP contribution is 2.42. The van der Waals surface area contributed by atoms with Crippen molar-refractivity contribution >= 4 is 46.7 Å². The van der Waals surface area contributed by atoms with Crippen molar-refractivity contribution in [1.29, 1.82) is 0 Å². The highest BCUT2D eigenvalue weighted by atomic mass is 35.5. The van der Waals surface area contributed by atoms with Crippen LogP contribution in [-0.2, 0) is 4.79 Å². The molecule has 3 rings (SSSR count). The van der Waals surface area contributed by atoms with E-state index >= 15 is 0 Å². The number of allylic oxidation sites excluding steroid dienone is 3. The van der Waals surface area contributed by atoms with Crippen molar-refractivity contribution in [3.8, 4) is 0 Å². The van der Waals surface area contributed by atoms with Gasteiger partial charge in [-0.1, -0.05) is 23.2 Å². The molecular weight excluding hydrogens is 367 g/mol. The summed E-state index contributed by atoms with van der Waals surface area (Å²) < 4.78 is 0. The second-order valence-corrected chi connectivity index (χ2v) is 7.82. The lowest BCUT2D eigenvalue weighted by molar-refractivity contribution is -0.114. The number of thioether (sulfide) groups is 1. The van der Waals surface area contributed by atoms with Gasteiger partial charge < -0.3 is 10.2 Å². The van der Waals surface area contributed by atoms with E-state index in [2.05, 4.69) is 10.2 Å². The Balaban J connectivity index is 1.53. The predicted molar refractivity (Wildman–Crippen MR) is 98.3 cm³/mol. The zero-order chi connectivity index (χ0) is 17.3. The normalized spacial score (nSPS) is 19.7. The van der Waals surface area contributed by atoms with Crippen LogP contribution < -0.4 is 5.32 Å². The Labute approximate surface area is 154 Å². The van der Waals surface area contributed by atoms with E-state index < -0.39 is 0 Å². The molecule has 0 fully saturated rings. The van der Waals surface area contributed by atoms with E-state index in [4.69, 9.17) is 23.2 Å². The third kappa shape index (κ3) is 3.79. The molecule has 1 unspecified atom stereocenters. The van der Waals surface area contributed by atoms with Crippen molar-refractivity contribution in [3.05, 3.63) is 56.6 Å². The van der Waals surface area contributed by atoms with Gasteiger partial charge in [-0.05, 0) is 36.8 Å². The van der Waals surface area contributed by atoms with Crippen molar-refractivity contribution < 1.29 is 9.59 Å². The summed E-state index contributed by atoms with van der Waals surface area (Å²) in [6, 6.07) is 4.78. The van der Waals surface area contributed by atoms with Crippen molar-refractivity contribution in [2.24, 2.45) is 0 Å². The molecule has 1 aromatic rings. The zero-order valence-electron chi connectivity index (χ0n) is 13.0. The molecule has 0 radical (unpaired) electrons. The number of hydrogen-bond acceptors (Lipinski definition) is 4. The SMILES string of the molecule is CN1C2=C(CC(=O)C=C2)SC1CCNC(=O)c1cc(Cl)cc(Cl)c1. The summed E-state index contributed by atoms with van der Waals surface area (Å²) in [7, 11) is 2.01. The average molecular weight is 383 g/mol. The number of likely N-dealkylation sites (N-methyl/N-ethyl adjacent to an activating group) is 1. The first kappa shape index (κ1) is 17.4. The number of carbonyl (C=O) groups is 2. The van der Waals surface area contributed by atoms with Crippen molar-refractivity contribution in [3.63, 3.8) is 0 Å². The van der Waals surface area contributed by atoms with E-state index in [0.29, 0.717) is 28.6 Å². The van der Waals surface area contributed by atoms with Gasteiger partial charge >= 0.3 is 0 Å². The van der Waals surface area contributed by atoms with Crippen LogP contribution in [-0.4, -0.2) is 35.6 Å². The zero-order valence-corrected chi connectivity index (χ0v) is 15.3. The molecule has 4 nitrogen and oxygen atoms in total. The maximum atomic E-state index is 12.2. The number of nitrogens with one attached hydrogen (secondary N) is 1. The minimum Gasteiger partial charge on any atom is -0.362 e. The molecule has 1 N–H and O–H groups in total. The van der Waals surface area contributed by atoms with Gasteiger partial charge in [0.2, 0.25) is 0 Å². The van der Waals surface area contributed by atoms with E-state index in [1.165, 1.54) is 0 Å². The Hall–Kier alpha value is -1.43. The minimum absolute atomic E-state index is 0.140. The Morgan fingerprint density at radius 1 is 1.29 bits per heavy atom. The number of hydrogen-bond donors (Lipinski definition) is 1. The molecule has 0 saturated carbocycles. The summed E-state index contributed by atoms with van der Waals surface area (Å²) in [6.07, 6.45) is 4.75. The van der Waals surface area contributed by atoms with E-state index in [1.807, 2.05) is 13.1 Å². The molecule has 0 spiro atoms. The van der Waals surface area contributed by atoms with Crippen molar-refractivity contribution in [2.75, 3.05) is 13.6 Å². The van der Waals surface area contributed by atoms with Gasteiger partial charge in [0.25, 0.3) is 5.91 Å². The molecule has 1 heterocycles. The van der Waals surface area contributed by atoms with Crippen LogP contribution in [0.4, 0.5) is 0 Å². The number of nitrogens with zero attached hydrogens (tertiary/aromatic N) is 1. The van der Waals surface area contributed by atoms with Crippen LogP contribution in [0.15, 0.2) is 41.0 Å². The third-order valence-electron chi connectivity index (χ3n) is 3.94. The van der Waals surface area contributed by atoms with Gasteiger partial charge in [-0.25, -0.2) is 0 Å². The molecule has 1 aromatic carbocycles.